The van der Waals surface area contributed by atoms with Gasteiger partial charge in [0, 0.05) is 23.2 Å². The van der Waals surface area contributed by atoms with Crippen LogP contribution in [-0.2, 0) is 11.0 Å². The maximum atomic E-state index is 13.3. The van der Waals surface area contributed by atoms with Gasteiger partial charge in [0.05, 0.1) is 5.54 Å². The van der Waals surface area contributed by atoms with E-state index < -0.39 is 0 Å². The molecule has 1 saturated carbocycles. The van der Waals surface area contributed by atoms with Gasteiger partial charge < -0.3 is 10.6 Å². The first-order valence-electron chi connectivity index (χ1n) is 10.1. The third kappa shape index (κ3) is 2.61. The van der Waals surface area contributed by atoms with Crippen molar-refractivity contribution < 1.29 is 4.79 Å². The summed E-state index contributed by atoms with van der Waals surface area (Å²) in [5.41, 5.74) is 5.31. The van der Waals surface area contributed by atoms with E-state index in [-0.39, 0.29) is 16.9 Å². The molecule has 5 rings (SSSR count). The summed E-state index contributed by atoms with van der Waals surface area (Å²) in [7, 11) is 0. The topological polar surface area (TPSA) is 41.1 Å². The molecule has 1 aliphatic carbocycles. The van der Waals surface area contributed by atoms with Gasteiger partial charge >= 0.3 is 0 Å². The van der Waals surface area contributed by atoms with E-state index in [1.807, 2.05) is 13.0 Å². The van der Waals surface area contributed by atoms with Crippen molar-refractivity contribution in [1.82, 2.24) is 5.32 Å². The second-order valence-electron chi connectivity index (χ2n) is 9.01. The minimum Gasteiger partial charge on any atom is -0.384 e. The zero-order chi connectivity index (χ0) is 19.5. The van der Waals surface area contributed by atoms with Crippen LogP contribution in [0.5, 0.6) is 0 Å². The fourth-order valence-corrected chi connectivity index (χ4v) is 4.58. The molecule has 28 heavy (non-hydrogen) atoms. The summed E-state index contributed by atoms with van der Waals surface area (Å²) in [4.78, 5) is 13.3. The molecule has 2 N–H and O–H groups in total. The Bertz CT molecular complexity index is 1100. The van der Waals surface area contributed by atoms with Crippen molar-refractivity contribution in [3.63, 3.8) is 0 Å². The Hall–Kier alpha value is -2.81. The van der Waals surface area contributed by atoms with Gasteiger partial charge in [-0.05, 0) is 53.3 Å². The van der Waals surface area contributed by atoms with Crippen LogP contribution in [0.2, 0.25) is 0 Å². The Labute approximate surface area is 166 Å². The number of carbonyl (C=O) groups is 1. The number of nitrogens with one attached hydrogen (secondary N) is 2. The van der Waals surface area contributed by atoms with Gasteiger partial charge in [-0.15, -0.1) is 0 Å². The second kappa shape index (κ2) is 5.84. The first-order chi connectivity index (χ1) is 13.4. The van der Waals surface area contributed by atoms with Crippen LogP contribution in [0.25, 0.3) is 10.8 Å². The maximum Gasteiger partial charge on any atom is 0.252 e. The Balaban J connectivity index is 1.49. The van der Waals surface area contributed by atoms with Crippen molar-refractivity contribution in [1.29, 1.82) is 0 Å². The molecule has 3 heteroatoms. The maximum absolute atomic E-state index is 13.3. The average molecular weight is 370 g/mol. The lowest BCUT2D eigenvalue weighted by atomic mass is 9.85. The number of hydrogen-bond donors (Lipinski definition) is 2. The van der Waals surface area contributed by atoms with Crippen LogP contribution in [0, 0.1) is 6.92 Å². The Morgan fingerprint density at radius 3 is 2.54 bits per heavy atom. The van der Waals surface area contributed by atoms with E-state index in [1.165, 1.54) is 21.9 Å². The number of aryl methyl sites for hydroxylation is 1. The van der Waals surface area contributed by atoms with Crippen molar-refractivity contribution in [2.24, 2.45) is 0 Å². The van der Waals surface area contributed by atoms with Gasteiger partial charge in [0.1, 0.15) is 0 Å². The minimum absolute atomic E-state index is 0.0252. The van der Waals surface area contributed by atoms with Crippen molar-refractivity contribution in [3.05, 3.63) is 76.9 Å². The first kappa shape index (κ1) is 17.3. The lowest BCUT2D eigenvalue weighted by Crippen LogP contribution is -2.35. The summed E-state index contributed by atoms with van der Waals surface area (Å²) in [6.07, 6.45) is 1.98. The Kier molecular flexibility index (Phi) is 3.61. The standard InChI is InChI=1S/C25H26N2O/c1-16-13-21-22(26-15-24(21,2)3)14-19(16)23(28)27-25(11-12-25)20-10-6-8-17-7-4-5-9-18(17)20/h4-10,13-14,26H,11-12,15H2,1-3H3,(H,27,28). The molecule has 1 heterocycles. The van der Waals surface area contributed by atoms with Crippen molar-refractivity contribution in [2.45, 2.75) is 44.6 Å². The van der Waals surface area contributed by atoms with Crippen LogP contribution in [0.1, 0.15) is 53.7 Å². The SMILES string of the molecule is Cc1cc2c(cc1C(=O)NC1(c3cccc4ccccc34)CC1)NCC2(C)C. The van der Waals surface area contributed by atoms with Crippen LogP contribution in [0.3, 0.4) is 0 Å². The molecule has 0 spiro atoms. The number of benzene rings is 3. The van der Waals surface area contributed by atoms with Gasteiger partial charge in [-0.1, -0.05) is 62.4 Å². The van der Waals surface area contributed by atoms with Gasteiger partial charge in [-0.2, -0.15) is 0 Å². The fourth-order valence-electron chi connectivity index (χ4n) is 4.58. The molecule has 1 aliphatic heterocycles. The van der Waals surface area contributed by atoms with E-state index >= 15 is 0 Å². The molecule has 0 atom stereocenters. The van der Waals surface area contributed by atoms with Crippen LogP contribution >= 0.6 is 0 Å². The number of hydrogen-bond acceptors (Lipinski definition) is 2. The molecule has 0 aromatic heterocycles. The highest BCUT2D eigenvalue weighted by atomic mass is 16.1. The Morgan fingerprint density at radius 2 is 1.75 bits per heavy atom. The van der Waals surface area contributed by atoms with E-state index in [9.17, 15) is 4.79 Å². The predicted octanol–water partition coefficient (Wildman–Crippen LogP) is 5.27. The average Bonchev–Trinajstić information content (AvgIpc) is 3.40. The first-order valence-corrected chi connectivity index (χ1v) is 10.1. The molecule has 3 nitrogen and oxygen atoms in total. The molecular weight excluding hydrogens is 344 g/mol. The van der Waals surface area contributed by atoms with Crippen LogP contribution in [0.4, 0.5) is 5.69 Å². The molecule has 3 aromatic carbocycles. The third-order valence-corrected chi connectivity index (χ3v) is 6.47. The highest BCUT2D eigenvalue weighted by Gasteiger charge is 2.46. The molecule has 1 amide bonds. The molecular formula is C25H26N2O. The summed E-state index contributed by atoms with van der Waals surface area (Å²) in [6, 6.07) is 19.0. The summed E-state index contributed by atoms with van der Waals surface area (Å²) in [5, 5.41) is 9.30. The number of carbonyl (C=O) groups excluding carboxylic acids is 1. The molecule has 1 fully saturated rings. The van der Waals surface area contributed by atoms with Crippen molar-refractivity contribution in [2.75, 3.05) is 11.9 Å². The second-order valence-corrected chi connectivity index (χ2v) is 9.01. The predicted molar refractivity (Wildman–Crippen MR) is 115 cm³/mol. The van der Waals surface area contributed by atoms with Crippen LogP contribution in [0.15, 0.2) is 54.6 Å². The summed E-state index contributed by atoms with van der Waals surface area (Å²) < 4.78 is 0. The van der Waals surface area contributed by atoms with E-state index in [1.54, 1.807) is 0 Å². The van der Waals surface area contributed by atoms with E-state index in [2.05, 4.69) is 73.0 Å². The van der Waals surface area contributed by atoms with Gasteiger partial charge in [0.15, 0.2) is 0 Å². The van der Waals surface area contributed by atoms with Gasteiger partial charge in [0.25, 0.3) is 5.91 Å². The molecule has 142 valence electrons. The van der Waals surface area contributed by atoms with Gasteiger partial charge in [0.2, 0.25) is 0 Å². The molecule has 2 aliphatic rings. The quantitative estimate of drug-likeness (QED) is 0.659. The zero-order valence-corrected chi connectivity index (χ0v) is 16.7. The molecule has 0 unspecified atom stereocenters. The highest BCUT2D eigenvalue weighted by Crippen LogP contribution is 2.48. The fraction of sp³-hybridized carbons (Fsp3) is 0.320. The largest absolute Gasteiger partial charge is 0.384 e. The summed E-state index contributed by atoms with van der Waals surface area (Å²) >= 11 is 0. The minimum atomic E-state index is -0.240. The Morgan fingerprint density at radius 1 is 1.00 bits per heavy atom. The lowest BCUT2D eigenvalue weighted by molar-refractivity contribution is 0.0930. The van der Waals surface area contributed by atoms with Gasteiger partial charge in [-0.25, -0.2) is 0 Å². The summed E-state index contributed by atoms with van der Waals surface area (Å²) in [6.45, 7) is 7.43. The van der Waals surface area contributed by atoms with E-state index in [0.717, 1.165) is 36.2 Å². The zero-order valence-electron chi connectivity index (χ0n) is 16.7. The van der Waals surface area contributed by atoms with Crippen molar-refractivity contribution >= 4 is 22.4 Å². The molecule has 0 saturated heterocycles. The smallest absolute Gasteiger partial charge is 0.252 e. The number of amides is 1. The molecule has 0 radical (unpaired) electrons. The molecule has 0 bridgehead atoms. The number of anilines is 1. The third-order valence-electron chi connectivity index (χ3n) is 6.47. The number of rotatable bonds is 3. The van der Waals surface area contributed by atoms with Crippen LogP contribution in [-0.4, -0.2) is 12.5 Å². The number of fused-ring (bicyclic) bond motifs is 2. The van der Waals surface area contributed by atoms with Crippen LogP contribution < -0.4 is 10.6 Å². The van der Waals surface area contributed by atoms with Gasteiger partial charge in [-0.3, -0.25) is 4.79 Å². The monoisotopic (exact) mass is 370 g/mol. The van der Waals surface area contributed by atoms with Crippen molar-refractivity contribution in [3.8, 4) is 0 Å². The normalized spacial score (nSPS) is 18.4. The highest BCUT2D eigenvalue weighted by molar-refractivity contribution is 5.98. The van der Waals surface area contributed by atoms with E-state index in [0.29, 0.717) is 0 Å². The van der Waals surface area contributed by atoms with E-state index in [4.69, 9.17) is 0 Å². The molecule has 3 aromatic rings. The summed E-state index contributed by atoms with van der Waals surface area (Å²) in [5.74, 6) is 0.0252. The lowest BCUT2D eigenvalue weighted by Gasteiger charge is -2.22.